The summed E-state index contributed by atoms with van der Waals surface area (Å²) in [5.41, 5.74) is 4.07. The van der Waals surface area contributed by atoms with Crippen molar-refractivity contribution in [2.45, 2.75) is 52.2 Å². The molecule has 0 amide bonds. The highest BCUT2D eigenvalue weighted by atomic mass is 32.2. The first-order valence-corrected chi connectivity index (χ1v) is 13.4. The van der Waals surface area contributed by atoms with Crippen LogP contribution in [0.1, 0.15) is 55.8 Å². The largest absolute Gasteiger partial charge is 0.299 e. The van der Waals surface area contributed by atoms with Gasteiger partial charge in [0.05, 0.1) is 25.2 Å². The van der Waals surface area contributed by atoms with Gasteiger partial charge in [0.25, 0.3) is 0 Å². The molecule has 2 heterocycles. The molecule has 0 spiro atoms. The lowest BCUT2D eigenvalue weighted by molar-refractivity contribution is 0.644. The summed E-state index contributed by atoms with van der Waals surface area (Å²) in [5, 5.41) is 0.729. The van der Waals surface area contributed by atoms with E-state index in [1.807, 2.05) is 51.1 Å². The number of nitrogens with zero attached hydrogens (tertiary/aromatic N) is 2. The lowest BCUT2D eigenvalue weighted by Gasteiger charge is -2.19. The van der Waals surface area contributed by atoms with Crippen LogP contribution in [0.15, 0.2) is 36.4 Å². The minimum absolute atomic E-state index is 0.132. The zero-order valence-electron chi connectivity index (χ0n) is 18.8. The Balaban J connectivity index is 1.86. The van der Waals surface area contributed by atoms with Crippen molar-refractivity contribution >= 4 is 65.6 Å². The molecule has 0 aliphatic carbocycles. The highest BCUT2D eigenvalue weighted by Gasteiger charge is 2.26. The van der Waals surface area contributed by atoms with Gasteiger partial charge < -0.3 is 0 Å². The molecule has 32 heavy (non-hydrogen) atoms. The molecule has 0 bridgehead atoms. The molecule has 0 aliphatic heterocycles. The molecule has 0 saturated heterocycles. The van der Waals surface area contributed by atoms with Crippen molar-refractivity contribution in [3.8, 4) is 0 Å². The lowest BCUT2D eigenvalue weighted by Crippen LogP contribution is -2.32. The van der Waals surface area contributed by atoms with Crippen LogP contribution in [0.4, 0.5) is 4.39 Å². The standard InChI is InChI=1S/C24H26FN3OS3/c1-6-14-8-10-16-18(12-14)30-22(26-16)20(25)21(28-32(29)24(3,4)5)23-27-17-11-9-15(7-2)13-19(17)31-23/h8-13,28H,6-7H2,1-5H3/b21-20+. The van der Waals surface area contributed by atoms with Crippen molar-refractivity contribution < 1.29 is 8.60 Å². The number of aromatic nitrogens is 2. The molecule has 2 aromatic heterocycles. The van der Waals surface area contributed by atoms with Gasteiger partial charge in [-0.3, -0.25) is 4.72 Å². The second kappa shape index (κ2) is 9.00. The van der Waals surface area contributed by atoms with Crippen LogP contribution in [-0.2, 0) is 23.8 Å². The minimum Gasteiger partial charge on any atom is -0.299 e. The first kappa shape index (κ1) is 23.0. The maximum absolute atomic E-state index is 15.9. The van der Waals surface area contributed by atoms with Crippen molar-refractivity contribution in [2.75, 3.05) is 0 Å². The molecule has 0 fully saturated rings. The Bertz CT molecular complexity index is 1350. The molecule has 0 aliphatic rings. The van der Waals surface area contributed by atoms with E-state index in [2.05, 4.69) is 34.6 Å². The summed E-state index contributed by atoms with van der Waals surface area (Å²) in [4.78, 5) is 9.16. The number of halogens is 1. The maximum atomic E-state index is 15.9. The van der Waals surface area contributed by atoms with Gasteiger partial charge in [0.15, 0.2) is 10.8 Å². The van der Waals surface area contributed by atoms with Crippen LogP contribution in [0.5, 0.6) is 0 Å². The van der Waals surface area contributed by atoms with Crippen molar-refractivity contribution in [3.05, 3.63) is 57.5 Å². The number of nitrogens with one attached hydrogen (secondary N) is 1. The van der Waals surface area contributed by atoms with E-state index < -0.39 is 21.6 Å². The fraction of sp³-hybridized carbons (Fsp3) is 0.333. The van der Waals surface area contributed by atoms with Gasteiger partial charge in [0.2, 0.25) is 0 Å². The number of aryl methyl sites for hydroxylation is 2. The summed E-state index contributed by atoms with van der Waals surface area (Å²) >= 11 is 2.69. The summed E-state index contributed by atoms with van der Waals surface area (Å²) in [6, 6.07) is 12.1. The number of hydrogen-bond donors (Lipinski definition) is 1. The predicted molar refractivity (Wildman–Crippen MR) is 137 cm³/mol. The van der Waals surface area contributed by atoms with Crippen LogP contribution in [0, 0.1) is 0 Å². The molecule has 1 N–H and O–H groups in total. The molecular formula is C24H26FN3OS3. The zero-order chi connectivity index (χ0) is 23.0. The van der Waals surface area contributed by atoms with Crippen LogP contribution in [0.2, 0.25) is 0 Å². The first-order valence-electron chi connectivity index (χ1n) is 10.6. The zero-order valence-corrected chi connectivity index (χ0v) is 21.2. The van der Waals surface area contributed by atoms with E-state index in [9.17, 15) is 4.21 Å². The van der Waals surface area contributed by atoms with Gasteiger partial charge in [0, 0.05) is 0 Å². The Morgan fingerprint density at radius 1 is 0.938 bits per heavy atom. The third-order valence-electron chi connectivity index (χ3n) is 5.09. The van der Waals surface area contributed by atoms with Gasteiger partial charge in [-0.05, 0) is 69.0 Å². The second-order valence-corrected chi connectivity index (χ2v) is 12.5. The molecule has 4 nitrogen and oxygen atoms in total. The predicted octanol–water partition coefficient (Wildman–Crippen LogP) is 6.88. The second-order valence-electron chi connectivity index (χ2n) is 8.52. The smallest absolute Gasteiger partial charge is 0.186 e. The molecule has 2 aromatic carbocycles. The molecule has 4 rings (SSSR count). The SMILES string of the molecule is CCc1ccc2nc(/C(F)=C(\NS(=O)C(C)(C)C)c3nc4ccc(CC)cc4s3)sc2c1. The molecule has 4 aromatic rings. The third-order valence-corrected chi connectivity index (χ3v) is 8.64. The summed E-state index contributed by atoms with van der Waals surface area (Å²) in [7, 11) is -1.52. The summed E-state index contributed by atoms with van der Waals surface area (Å²) in [6.07, 6.45) is 1.82. The summed E-state index contributed by atoms with van der Waals surface area (Å²) in [5.74, 6) is -0.531. The number of thiazole rings is 2. The van der Waals surface area contributed by atoms with E-state index in [0.29, 0.717) is 5.01 Å². The molecule has 168 valence electrons. The van der Waals surface area contributed by atoms with E-state index in [0.717, 1.165) is 33.3 Å². The van der Waals surface area contributed by atoms with Crippen LogP contribution < -0.4 is 4.72 Å². The van der Waals surface area contributed by atoms with Gasteiger partial charge in [-0.15, -0.1) is 22.7 Å². The van der Waals surface area contributed by atoms with Gasteiger partial charge >= 0.3 is 0 Å². The van der Waals surface area contributed by atoms with E-state index in [1.54, 1.807) is 0 Å². The average Bonchev–Trinajstić information content (AvgIpc) is 3.38. The fourth-order valence-corrected chi connectivity index (χ4v) is 5.85. The average molecular weight is 488 g/mol. The quantitative estimate of drug-likeness (QED) is 0.323. The molecule has 1 atom stereocenters. The van der Waals surface area contributed by atoms with E-state index >= 15 is 4.39 Å². The highest BCUT2D eigenvalue weighted by Crippen LogP contribution is 2.36. The molecule has 0 saturated carbocycles. The lowest BCUT2D eigenvalue weighted by atomic mass is 10.2. The van der Waals surface area contributed by atoms with E-state index in [1.165, 1.54) is 33.8 Å². The Kier molecular flexibility index (Phi) is 6.47. The molecular weight excluding hydrogens is 461 g/mol. The number of hydrogen-bond acceptors (Lipinski definition) is 5. The maximum Gasteiger partial charge on any atom is 0.186 e. The Labute approximate surface area is 198 Å². The number of rotatable bonds is 6. The first-order chi connectivity index (χ1) is 15.2. The minimum atomic E-state index is -1.52. The van der Waals surface area contributed by atoms with Gasteiger partial charge in [-0.1, -0.05) is 26.0 Å². The van der Waals surface area contributed by atoms with Crippen LogP contribution in [-0.4, -0.2) is 18.9 Å². The van der Waals surface area contributed by atoms with Gasteiger partial charge in [0.1, 0.15) is 21.7 Å². The topological polar surface area (TPSA) is 54.9 Å². The van der Waals surface area contributed by atoms with Crippen molar-refractivity contribution in [1.82, 2.24) is 14.7 Å². The molecule has 0 radical (unpaired) electrons. The Morgan fingerprint density at radius 3 is 1.94 bits per heavy atom. The molecule has 1 unspecified atom stereocenters. The van der Waals surface area contributed by atoms with Crippen molar-refractivity contribution in [2.24, 2.45) is 0 Å². The molecule has 8 heteroatoms. The Hall–Kier alpha value is -2.16. The van der Waals surface area contributed by atoms with Crippen LogP contribution in [0.25, 0.3) is 32.0 Å². The summed E-state index contributed by atoms with van der Waals surface area (Å²) < 4.78 is 33.1. The van der Waals surface area contributed by atoms with Gasteiger partial charge in [-0.2, -0.15) is 0 Å². The van der Waals surface area contributed by atoms with Crippen LogP contribution >= 0.6 is 22.7 Å². The summed E-state index contributed by atoms with van der Waals surface area (Å²) in [6.45, 7) is 9.73. The highest BCUT2D eigenvalue weighted by molar-refractivity contribution is 7.84. The monoisotopic (exact) mass is 487 g/mol. The van der Waals surface area contributed by atoms with E-state index in [4.69, 9.17) is 0 Å². The van der Waals surface area contributed by atoms with Gasteiger partial charge in [-0.25, -0.2) is 18.6 Å². The number of benzene rings is 2. The van der Waals surface area contributed by atoms with Crippen molar-refractivity contribution in [3.63, 3.8) is 0 Å². The Morgan fingerprint density at radius 2 is 1.44 bits per heavy atom. The van der Waals surface area contributed by atoms with E-state index in [-0.39, 0.29) is 10.7 Å². The van der Waals surface area contributed by atoms with Crippen LogP contribution in [0.3, 0.4) is 0 Å². The third kappa shape index (κ3) is 4.63. The van der Waals surface area contributed by atoms with Crippen molar-refractivity contribution in [1.29, 1.82) is 0 Å². The normalized spacial score (nSPS) is 14.1. The number of fused-ring (bicyclic) bond motifs is 2. The fourth-order valence-electron chi connectivity index (χ4n) is 3.11.